The van der Waals surface area contributed by atoms with Crippen LogP contribution in [0.25, 0.3) is 4.96 Å². The highest BCUT2D eigenvalue weighted by atomic mass is 32.1. The number of amides is 2. The van der Waals surface area contributed by atoms with Crippen LogP contribution in [-0.4, -0.2) is 27.7 Å². The molecular weight excluding hydrogens is 354 g/mol. The van der Waals surface area contributed by atoms with E-state index in [0.29, 0.717) is 4.96 Å². The first-order valence-corrected chi connectivity index (χ1v) is 7.81. The summed E-state index contributed by atoms with van der Waals surface area (Å²) in [6.07, 6.45) is 2.62. The van der Waals surface area contributed by atoms with Gasteiger partial charge in [-0.25, -0.2) is 13.8 Å². The Balaban J connectivity index is 1.64. The highest BCUT2D eigenvalue weighted by Gasteiger charge is 2.15. The average Bonchev–Trinajstić information content (AvgIpc) is 3.06. The quantitative estimate of drug-likeness (QED) is 0.732. The predicted molar refractivity (Wildman–Crippen MR) is 86.7 cm³/mol. The van der Waals surface area contributed by atoms with Gasteiger partial charge >= 0.3 is 0 Å². The van der Waals surface area contributed by atoms with Gasteiger partial charge < -0.3 is 10.6 Å². The van der Waals surface area contributed by atoms with Crippen LogP contribution in [0.2, 0.25) is 0 Å². The third-order valence-electron chi connectivity index (χ3n) is 3.20. The SMILES string of the molecule is O=C(CNC(=O)c1cnc2sccn2c1=O)Nc1ccc(F)c(F)c1. The smallest absolute Gasteiger partial charge is 0.271 e. The molecule has 3 aromatic rings. The van der Waals surface area contributed by atoms with Gasteiger partial charge in [-0.15, -0.1) is 11.3 Å². The first-order valence-electron chi connectivity index (χ1n) is 6.93. The molecule has 128 valence electrons. The molecule has 0 atom stereocenters. The fourth-order valence-electron chi connectivity index (χ4n) is 2.02. The van der Waals surface area contributed by atoms with Gasteiger partial charge in [0.25, 0.3) is 11.5 Å². The van der Waals surface area contributed by atoms with Crippen molar-refractivity contribution in [1.82, 2.24) is 14.7 Å². The molecule has 0 aliphatic rings. The fourth-order valence-corrected chi connectivity index (χ4v) is 2.69. The van der Waals surface area contributed by atoms with Crippen molar-refractivity contribution in [2.75, 3.05) is 11.9 Å². The van der Waals surface area contributed by atoms with Crippen molar-refractivity contribution in [3.63, 3.8) is 0 Å². The molecule has 0 spiro atoms. The highest BCUT2D eigenvalue weighted by molar-refractivity contribution is 7.15. The number of hydrogen-bond acceptors (Lipinski definition) is 5. The Morgan fingerprint density at radius 2 is 2.04 bits per heavy atom. The number of thiazole rings is 1. The maximum absolute atomic E-state index is 13.1. The topological polar surface area (TPSA) is 92.6 Å². The van der Waals surface area contributed by atoms with Gasteiger partial charge in [-0.3, -0.25) is 18.8 Å². The first-order chi connectivity index (χ1) is 12.0. The van der Waals surface area contributed by atoms with E-state index >= 15 is 0 Å². The van der Waals surface area contributed by atoms with Gasteiger partial charge in [0, 0.05) is 29.5 Å². The number of fused-ring (bicyclic) bond motifs is 1. The normalized spacial score (nSPS) is 10.6. The van der Waals surface area contributed by atoms with Crippen LogP contribution < -0.4 is 16.2 Å². The molecule has 0 aliphatic carbocycles. The Morgan fingerprint density at radius 3 is 2.80 bits per heavy atom. The minimum atomic E-state index is -1.11. The Bertz CT molecular complexity index is 1030. The monoisotopic (exact) mass is 364 g/mol. The predicted octanol–water partition coefficient (Wildman–Crippen LogP) is 1.40. The van der Waals surface area contributed by atoms with Crippen LogP contribution in [0.1, 0.15) is 10.4 Å². The molecule has 7 nitrogen and oxygen atoms in total. The van der Waals surface area contributed by atoms with Crippen LogP contribution in [0.5, 0.6) is 0 Å². The lowest BCUT2D eigenvalue weighted by atomic mass is 10.3. The van der Waals surface area contributed by atoms with Crippen molar-refractivity contribution < 1.29 is 18.4 Å². The zero-order valence-corrected chi connectivity index (χ0v) is 13.3. The minimum absolute atomic E-state index is 0.0413. The second kappa shape index (κ2) is 6.77. The van der Waals surface area contributed by atoms with Crippen LogP contribution in [-0.2, 0) is 4.79 Å². The summed E-state index contributed by atoms with van der Waals surface area (Å²) in [5.41, 5.74) is -0.721. The minimum Gasteiger partial charge on any atom is -0.343 e. The average molecular weight is 364 g/mol. The van der Waals surface area contributed by atoms with Gasteiger partial charge in [-0.05, 0) is 12.1 Å². The third kappa shape index (κ3) is 3.53. The number of nitrogens with zero attached hydrogens (tertiary/aromatic N) is 2. The van der Waals surface area contributed by atoms with E-state index in [1.807, 2.05) is 0 Å². The van der Waals surface area contributed by atoms with Crippen LogP contribution in [0.15, 0.2) is 40.8 Å². The van der Waals surface area contributed by atoms with Crippen LogP contribution >= 0.6 is 11.3 Å². The van der Waals surface area contributed by atoms with Gasteiger partial charge in [0.1, 0.15) is 5.56 Å². The number of anilines is 1. The molecule has 25 heavy (non-hydrogen) atoms. The molecule has 0 unspecified atom stereocenters. The molecule has 0 radical (unpaired) electrons. The second-order valence-electron chi connectivity index (χ2n) is 4.89. The molecule has 2 aromatic heterocycles. The maximum atomic E-state index is 13.1. The third-order valence-corrected chi connectivity index (χ3v) is 3.97. The first kappa shape index (κ1) is 16.7. The number of rotatable bonds is 4. The molecule has 10 heteroatoms. The van der Waals surface area contributed by atoms with Crippen molar-refractivity contribution in [3.05, 3.63) is 63.5 Å². The van der Waals surface area contributed by atoms with Crippen molar-refractivity contribution in [2.45, 2.75) is 0 Å². The van der Waals surface area contributed by atoms with Gasteiger partial charge in [-0.2, -0.15) is 0 Å². The number of carbonyl (C=O) groups is 2. The summed E-state index contributed by atoms with van der Waals surface area (Å²) in [5, 5.41) is 6.23. The lowest BCUT2D eigenvalue weighted by Crippen LogP contribution is -2.36. The van der Waals surface area contributed by atoms with Gasteiger partial charge in [0.2, 0.25) is 5.91 Å². The van der Waals surface area contributed by atoms with Crippen molar-refractivity contribution in [2.24, 2.45) is 0 Å². The molecule has 0 aliphatic heterocycles. The van der Waals surface area contributed by atoms with E-state index in [0.717, 1.165) is 18.3 Å². The molecule has 1 aromatic carbocycles. The van der Waals surface area contributed by atoms with Crippen LogP contribution in [0, 0.1) is 11.6 Å². The van der Waals surface area contributed by atoms with E-state index in [1.54, 1.807) is 5.38 Å². The fraction of sp³-hybridized carbons (Fsp3) is 0.0667. The Labute approximate surface area is 142 Å². The molecule has 0 saturated carbocycles. The number of hydrogen-bond donors (Lipinski definition) is 2. The largest absolute Gasteiger partial charge is 0.343 e. The number of nitrogens with one attached hydrogen (secondary N) is 2. The standard InChI is InChI=1S/C15H10F2N4O3S/c16-10-2-1-8(5-11(10)17)20-12(22)7-18-13(23)9-6-19-15-21(14(9)24)3-4-25-15/h1-6H,7H2,(H,18,23)(H,20,22). The summed E-state index contributed by atoms with van der Waals surface area (Å²) in [7, 11) is 0. The van der Waals surface area contributed by atoms with E-state index in [9.17, 15) is 23.2 Å². The second-order valence-corrected chi connectivity index (χ2v) is 5.77. The van der Waals surface area contributed by atoms with E-state index in [4.69, 9.17) is 0 Å². The van der Waals surface area contributed by atoms with E-state index < -0.39 is 35.6 Å². The Morgan fingerprint density at radius 1 is 1.24 bits per heavy atom. The van der Waals surface area contributed by atoms with Crippen molar-refractivity contribution in [1.29, 1.82) is 0 Å². The molecule has 3 rings (SSSR count). The molecule has 0 fully saturated rings. The summed E-state index contributed by atoms with van der Waals surface area (Å²) >= 11 is 1.24. The van der Waals surface area contributed by atoms with E-state index in [-0.39, 0.29) is 11.3 Å². The number of carbonyl (C=O) groups excluding carboxylic acids is 2. The zero-order chi connectivity index (χ0) is 18.0. The van der Waals surface area contributed by atoms with Crippen molar-refractivity contribution in [3.8, 4) is 0 Å². The Kier molecular flexibility index (Phi) is 4.52. The molecule has 0 saturated heterocycles. The number of benzene rings is 1. The van der Waals surface area contributed by atoms with Crippen molar-refractivity contribution >= 4 is 33.8 Å². The van der Waals surface area contributed by atoms with E-state index in [1.165, 1.54) is 28.0 Å². The molecule has 2 N–H and O–H groups in total. The van der Waals surface area contributed by atoms with Gasteiger partial charge in [0.15, 0.2) is 16.6 Å². The van der Waals surface area contributed by atoms with Crippen LogP contribution in [0.4, 0.5) is 14.5 Å². The molecule has 2 amide bonds. The summed E-state index contributed by atoms with van der Waals surface area (Å²) in [6.45, 7) is -0.455. The number of aromatic nitrogens is 2. The zero-order valence-electron chi connectivity index (χ0n) is 12.5. The van der Waals surface area contributed by atoms with Gasteiger partial charge in [-0.1, -0.05) is 0 Å². The molecule has 2 heterocycles. The lowest BCUT2D eigenvalue weighted by molar-refractivity contribution is -0.115. The summed E-state index contributed by atoms with van der Waals surface area (Å²) in [6, 6.07) is 2.86. The summed E-state index contributed by atoms with van der Waals surface area (Å²) in [4.78, 5) is 40.3. The van der Waals surface area contributed by atoms with Crippen LogP contribution in [0.3, 0.4) is 0 Å². The Hall–Kier alpha value is -3.14. The number of halogens is 2. The van der Waals surface area contributed by atoms with Gasteiger partial charge in [0.05, 0.1) is 6.54 Å². The molecule has 0 bridgehead atoms. The maximum Gasteiger partial charge on any atom is 0.271 e. The molecular formula is C15H10F2N4O3S. The highest BCUT2D eigenvalue weighted by Crippen LogP contribution is 2.12. The summed E-state index contributed by atoms with van der Waals surface area (Å²) < 4.78 is 27.1. The summed E-state index contributed by atoms with van der Waals surface area (Å²) in [5.74, 6) is -3.57. The lowest BCUT2D eigenvalue weighted by Gasteiger charge is -2.07. The van der Waals surface area contributed by atoms with E-state index in [2.05, 4.69) is 15.6 Å².